The molecule has 1 N–H and O–H groups in total. The lowest BCUT2D eigenvalue weighted by atomic mass is 10.0. The number of hydrogen-bond acceptors (Lipinski definition) is 4. The first-order valence-electron chi connectivity index (χ1n) is 8.24. The van der Waals surface area contributed by atoms with Gasteiger partial charge in [-0.05, 0) is 50.6 Å². The first-order chi connectivity index (χ1) is 12.6. The fourth-order valence-corrected chi connectivity index (χ4v) is 2.49. The van der Waals surface area contributed by atoms with Crippen LogP contribution in [0.4, 0.5) is 14.9 Å². The number of hydrogen-bond donors (Lipinski definition) is 1. The molecular weight excluding hydrogens is 373 g/mol. The van der Waals surface area contributed by atoms with E-state index in [-0.39, 0.29) is 22.8 Å². The topological polar surface area (TPSA) is 64.6 Å². The van der Waals surface area contributed by atoms with Crippen LogP contribution in [-0.2, 0) is 11.2 Å². The lowest BCUT2D eigenvalue weighted by molar-refractivity contribution is 0.0635. The van der Waals surface area contributed by atoms with E-state index in [1.54, 1.807) is 39.0 Å². The molecule has 0 heterocycles. The van der Waals surface area contributed by atoms with E-state index in [1.807, 2.05) is 0 Å². The molecule has 0 bridgehead atoms. The van der Waals surface area contributed by atoms with E-state index in [4.69, 9.17) is 21.1 Å². The van der Waals surface area contributed by atoms with E-state index in [0.29, 0.717) is 17.0 Å². The minimum absolute atomic E-state index is 0.0168. The summed E-state index contributed by atoms with van der Waals surface area (Å²) in [4.78, 5) is 24.6. The van der Waals surface area contributed by atoms with Gasteiger partial charge in [-0.25, -0.2) is 9.18 Å². The Balaban J connectivity index is 2.26. The quantitative estimate of drug-likeness (QED) is 0.703. The molecule has 0 aliphatic rings. The Morgan fingerprint density at radius 3 is 2.44 bits per heavy atom. The molecule has 1 amide bonds. The largest absolute Gasteiger partial charge is 0.497 e. The number of ether oxygens (including phenoxy) is 2. The van der Waals surface area contributed by atoms with Crippen molar-refractivity contribution in [1.29, 1.82) is 0 Å². The Morgan fingerprint density at radius 1 is 1.15 bits per heavy atom. The Kier molecular flexibility index (Phi) is 6.44. The van der Waals surface area contributed by atoms with Crippen LogP contribution in [0.1, 0.15) is 36.7 Å². The number of Topliss-reactive ketones (excluding diaryl/α,β-unsaturated/α-hetero) is 1. The highest BCUT2D eigenvalue weighted by molar-refractivity contribution is 6.31. The van der Waals surface area contributed by atoms with Crippen LogP contribution in [0.25, 0.3) is 0 Å². The molecule has 0 saturated heterocycles. The highest BCUT2D eigenvalue weighted by Gasteiger charge is 2.19. The molecule has 0 spiro atoms. The Labute approximate surface area is 162 Å². The molecule has 0 aliphatic heterocycles. The standard InChI is InChI=1S/C20H21ClFNO4/c1-20(2,3)27-19(25)23-17-11-14(26-4)7-5-12(17)10-18(24)13-6-8-16(22)15(21)9-13/h5-9,11H,10H2,1-4H3,(H,23,25). The maximum atomic E-state index is 13.3. The van der Waals surface area contributed by atoms with Crippen LogP contribution < -0.4 is 10.1 Å². The number of nitrogens with one attached hydrogen (secondary N) is 1. The van der Waals surface area contributed by atoms with Crippen molar-refractivity contribution in [2.45, 2.75) is 32.8 Å². The second kappa shape index (κ2) is 8.39. The van der Waals surface area contributed by atoms with E-state index in [2.05, 4.69) is 5.32 Å². The van der Waals surface area contributed by atoms with Gasteiger partial charge < -0.3 is 9.47 Å². The van der Waals surface area contributed by atoms with E-state index in [0.717, 1.165) is 6.07 Å². The van der Waals surface area contributed by atoms with Crippen LogP contribution in [0.5, 0.6) is 5.75 Å². The van der Waals surface area contributed by atoms with Crippen molar-refractivity contribution in [3.8, 4) is 5.75 Å². The number of methoxy groups -OCH3 is 1. The summed E-state index contributed by atoms with van der Waals surface area (Å²) in [5.74, 6) is -0.346. The smallest absolute Gasteiger partial charge is 0.412 e. The fraction of sp³-hybridized carbons (Fsp3) is 0.300. The Hall–Kier alpha value is -2.60. The van der Waals surface area contributed by atoms with E-state index in [1.165, 1.54) is 19.2 Å². The highest BCUT2D eigenvalue weighted by atomic mass is 35.5. The molecule has 0 radical (unpaired) electrons. The van der Waals surface area contributed by atoms with Crippen LogP contribution in [0.3, 0.4) is 0 Å². The van der Waals surface area contributed by atoms with Crippen LogP contribution in [-0.4, -0.2) is 24.6 Å². The van der Waals surface area contributed by atoms with Crippen LogP contribution in [0.15, 0.2) is 36.4 Å². The number of carbonyl (C=O) groups excluding carboxylic acids is 2. The number of anilines is 1. The maximum Gasteiger partial charge on any atom is 0.412 e. The zero-order valence-electron chi connectivity index (χ0n) is 15.6. The van der Waals surface area contributed by atoms with Crippen LogP contribution in [0, 0.1) is 5.82 Å². The number of rotatable bonds is 5. The lowest BCUT2D eigenvalue weighted by Gasteiger charge is -2.20. The van der Waals surface area contributed by atoms with Gasteiger partial charge >= 0.3 is 6.09 Å². The Bertz CT molecular complexity index is 862. The molecule has 0 fully saturated rings. The third-order valence-electron chi connectivity index (χ3n) is 3.55. The predicted octanol–water partition coefficient (Wildman–Crippen LogP) is 5.26. The van der Waals surface area contributed by atoms with Gasteiger partial charge in [-0.15, -0.1) is 0 Å². The molecule has 0 aliphatic carbocycles. The summed E-state index contributed by atoms with van der Waals surface area (Å²) in [6.45, 7) is 5.25. The molecule has 0 saturated carbocycles. The van der Waals surface area contributed by atoms with E-state index in [9.17, 15) is 14.0 Å². The zero-order valence-corrected chi connectivity index (χ0v) is 16.3. The van der Waals surface area contributed by atoms with Crippen molar-refractivity contribution in [3.05, 3.63) is 58.4 Å². The van der Waals surface area contributed by atoms with Gasteiger partial charge in [-0.1, -0.05) is 17.7 Å². The third-order valence-corrected chi connectivity index (χ3v) is 3.83. The summed E-state index contributed by atoms with van der Waals surface area (Å²) in [5, 5.41) is 2.52. The van der Waals surface area contributed by atoms with Gasteiger partial charge in [0.2, 0.25) is 0 Å². The van der Waals surface area contributed by atoms with Gasteiger partial charge in [0.25, 0.3) is 0 Å². The number of benzene rings is 2. The third kappa shape index (κ3) is 5.96. The molecule has 7 heteroatoms. The molecule has 144 valence electrons. The molecule has 0 unspecified atom stereocenters. The minimum atomic E-state index is -0.663. The van der Waals surface area contributed by atoms with Gasteiger partial charge in [0, 0.05) is 18.1 Å². The van der Waals surface area contributed by atoms with Gasteiger partial charge in [0.1, 0.15) is 17.2 Å². The summed E-state index contributed by atoms with van der Waals surface area (Å²) in [6, 6.07) is 8.75. The second-order valence-electron chi connectivity index (χ2n) is 6.88. The molecule has 2 aromatic carbocycles. The SMILES string of the molecule is COc1ccc(CC(=O)c2ccc(F)c(Cl)c2)c(NC(=O)OC(C)(C)C)c1. The molecule has 27 heavy (non-hydrogen) atoms. The summed E-state index contributed by atoms with van der Waals surface area (Å²) in [6.07, 6.45) is -0.661. The predicted molar refractivity (Wildman–Crippen MR) is 102 cm³/mol. The van der Waals surface area contributed by atoms with Gasteiger partial charge in [-0.2, -0.15) is 0 Å². The van der Waals surface area contributed by atoms with Crippen molar-refractivity contribution in [3.63, 3.8) is 0 Å². The van der Waals surface area contributed by atoms with Crippen molar-refractivity contribution in [2.24, 2.45) is 0 Å². The average molecular weight is 394 g/mol. The maximum absolute atomic E-state index is 13.3. The highest BCUT2D eigenvalue weighted by Crippen LogP contribution is 2.25. The van der Waals surface area contributed by atoms with E-state index >= 15 is 0 Å². The zero-order chi connectivity index (χ0) is 20.2. The lowest BCUT2D eigenvalue weighted by Crippen LogP contribution is -2.27. The summed E-state index contributed by atoms with van der Waals surface area (Å²) in [7, 11) is 1.50. The molecule has 2 aromatic rings. The van der Waals surface area contributed by atoms with Gasteiger partial charge in [0.05, 0.1) is 17.8 Å². The van der Waals surface area contributed by atoms with E-state index < -0.39 is 17.5 Å². The molecule has 5 nitrogen and oxygen atoms in total. The minimum Gasteiger partial charge on any atom is -0.497 e. The first kappa shape index (κ1) is 20.7. The number of amides is 1. The first-order valence-corrected chi connectivity index (χ1v) is 8.62. The van der Waals surface area contributed by atoms with Gasteiger partial charge in [-0.3, -0.25) is 10.1 Å². The molecular formula is C20H21ClFNO4. The molecule has 2 rings (SSSR count). The number of halogens is 2. The van der Waals surface area contributed by atoms with Crippen molar-refractivity contribution < 1.29 is 23.5 Å². The normalized spacial score (nSPS) is 11.0. The monoisotopic (exact) mass is 393 g/mol. The summed E-state index contributed by atoms with van der Waals surface area (Å²) >= 11 is 5.74. The van der Waals surface area contributed by atoms with Crippen molar-refractivity contribution in [2.75, 3.05) is 12.4 Å². The molecule has 0 atom stereocenters. The van der Waals surface area contributed by atoms with Crippen molar-refractivity contribution in [1.82, 2.24) is 0 Å². The summed E-state index contributed by atoms with van der Waals surface area (Å²) < 4.78 is 23.7. The fourth-order valence-electron chi connectivity index (χ4n) is 2.31. The van der Waals surface area contributed by atoms with Crippen LogP contribution in [0.2, 0.25) is 5.02 Å². The summed E-state index contributed by atoms with van der Waals surface area (Å²) in [5.41, 5.74) is 0.571. The number of carbonyl (C=O) groups is 2. The number of ketones is 1. The molecule has 0 aromatic heterocycles. The Morgan fingerprint density at radius 2 is 1.85 bits per heavy atom. The van der Waals surface area contributed by atoms with Crippen molar-refractivity contribution >= 4 is 29.2 Å². The van der Waals surface area contributed by atoms with Crippen LogP contribution >= 0.6 is 11.6 Å². The second-order valence-corrected chi connectivity index (χ2v) is 7.29. The average Bonchev–Trinajstić information content (AvgIpc) is 2.57. The van der Waals surface area contributed by atoms with Gasteiger partial charge in [0.15, 0.2) is 5.78 Å².